The first-order valence-corrected chi connectivity index (χ1v) is 6.14. The SMILES string of the molecule is CC(=O)C(Cl)c1cc(SC(F)(F)F)ccc1C(=O)O. The third kappa shape index (κ3) is 4.43. The fourth-order valence-electron chi connectivity index (χ4n) is 1.36. The fraction of sp³-hybridized carbons (Fsp3) is 0.273. The van der Waals surface area contributed by atoms with Gasteiger partial charge in [-0.05, 0) is 42.4 Å². The molecule has 0 saturated carbocycles. The van der Waals surface area contributed by atoms with Crippen LogP contribution in [0.25, 0.3) is 0 Å². The fourth-order valence-corrected chi connectivity index (χ4v) is 2.13. The molecule has 0 aromatic heterocycles. The molecule has 0 spiro atoms. The average Bonchev–Trinajstić information content (AvgIpc) is 2.25. The lowest BCUT2D eigenvalue weighted by atomic mass is 10.0. The zero-order valence-corrected chi connectivity index (χ0v) is 11.1. The Bertz CT molecular complexity index is 516. The number of rotatable bonds is 4. The molecule has 1 aromatic rings. The van der Waals surface area contributed by atoms with E-state index in [1.807, 2.05) is 0 Å². The van der Waals surface area contributed by atoms with Gasteiger partial charge in [-0.1, -0.05) is 0 Å². The lowest BCUT2D eigenvalue weighted by molar-refractivity contribution is -0.116. The van der Waals surface area contributed by atoms with Crippen molar-refractivity contribution in [3.63, 3.8) is 0 Å². The maximum absolute atomic E-state index is 12.2. The van der Waals surface area contributed by atoms with E-state index in [-0.39, 0.29) is 16.0 Å². The number of hydrogen-bond donors (Lipinski definition) is 1. The first-order valence-electron chi connectivity index (χ1n) is 4.89. The number of Topliss-reactive ketones (excluding diaryl/α,β-unsaturated/α-hetero) is 1. The standard InChI is InChI=1S/C11H8ClF3O3S/c1-5(16)9(12)8-4-6(19-11(13,14)15)2-3-7(8)10(17)18/h2-4,9H,1H3,(H,17,18). The minimum absolute atomic E-state index is 0.143. The molecule has 0 bridgehead atoms. The van der Waals surface area contributed by atoms with Crippen molar-refractivity contribution >= 4 is 35.1 Å². The Balaban J connectivity index is 3.26. The van der Waals surface area contributed by atoms with Crippen LogP contribution in [-0.4, -0.2) is 22.4 Å². The molecule has 8 heteroatoms. The van der Waals surface area contributed by atoms with Crippen LogP contribution in [0.5, 0.6) is 0 Å². The van der Waals surface area contributed by atoms with Crippen LogP contribution in [0, 0.1) is 0 Å². The maximum Gasteiger partial charge on any atom is 0.446 e. The molecule has 0 fully saturated rings. The molecule has 1 rings (SSSR count). The Labute approximate surface area is 115 Å². The Morgan fingerprint density at radius 1 is 1.37 bits per heavy atom. The Morgan fingerprint density at radius 3 is 2.37 bits per heavy atom. The number of alkyl halides is 4. The van der Waals surface area contributed by atoms with Crippen molar-refractivity contribution in [3.05, 3.63) is 29.3 Å². The average molecular weight is 313 g/mol. The van der Waals surface area contributed by atoms with Crippen LogP contribution in [0.3, 0.4) is 0 Å². The summed E-state index contributed by atoms with van der Waals surface area (Å²) in [6.07, 6.45) is 0. The quantitative estimate of drug-likeness (QED) is 0.677. The summed E-state index contributed by atoms with van der Waals surface area (Å²) < 4.78 is 36.7. The molecule has 0 aliphatic carbocycles. The van der Waals surface area contributed by atoms with Crippen molar-refractivity contribution in [1.29, 1.82) is 0 Å². The van der Waals surface area contributed by atoms with Crippen LogP contribution in [-0.2, 0) is 4.79 Å². The van der Waals surface area contributed by atoms with Gasteiger partial charge in [0.25, 0.3) is 0 Å². The number of carbonyl (C=O) groups is 2. The van der Waals surface area contributed by atoms with Gasteiger partial charge in [-0.15, -0.1) is 11.6 Å². The molecule has 19 heavy (non-hydrogen) atoms. The lowest BCUT2D eigenvalue weighted by Gasteiger charge is -2.12. The highest BCUT2D eigenvalue weighted by Crippen LogP contribution is 2.39. The molecule has 1 aromatic carbocycles. The zero-order valence-electron chi connectivity index (χ0n) is 9.49. The molecular formula is C11H8ClF3O3S. The van der Waals surface area contributed by atoms with Gasteiger partial charge in [-0.3, -0.25) is 4.79 Å². The predicted octanol–water partition coefficient (Wildman–Crippen LogP) is 3.87. The largest absolute Gasteiger partial charge is 0.478 e. The van der Waals surface area contributed by atoms with Crippen molar-refractivity contribution in [2.24, 2.45) is 0 Å². The van der Waals surface area contributed by atoms with E-state index < -0.39 is 34.4 Å². The summed E-state index contributed by atoms with van der Waals surface area (Å²) in [5.41, 5.74) is -4.93. The van der Waals surface area contributed by atoms with Crippen LogP contribution >= 0.6 is 23.4 Å². The highest BCUT2D eigenvalue weighted by molar-refractivity contribution is 8.00. The first kappa shape index (κ1) is 15.8. The number of halogens is 4. The van der Waals surface area contributed by atoms with E-state index in [9.17, 15) is 22.8 Å². The van der Waals surface area contributed by atoms with Gasteiger partial charge in [0, 0.05) is 4.90 Å². The van der Waals surface area contributed by atoms with Gasteiger partial charge in [0.15, 0.2) is 5.78 Å². The summed E-state index contributed by atoms with van der Waals surface area (Å²) in [6.45, 7) is 1.13. The van der Waals surface area contributed by atoms with Gasteiger partial charge in [-0.25, -0.2) is 4.79 Å². The van der Waals surface area contributed by atoms with Gasteiger partial charge in [0.1, 0.15) is 5.38 Å². The highest BCUT2D eigenvalue weighted by Gasteiger charge is 2.30. The normalized spacial score (nSPS) is 13.1. The number of carboxylic acids is 1. The van der Waals surface area contributed by atoms with Crippen molar-refractivity contribution in [3.8, 4) is 0 Å². The number of benzene rings is 1. The molecule has 0 saturated heterocycles. The van der Waals surface area contributed by atoms with Gasteiger partial charge in [0.2, 0.25) is 0 Å². The molecular weight excluding hydrogens is 305 g/mol. The summed E-state index contributed by atoms with van der Waals surface area (Å²) in [4.78, 5) is 21.9. The predicted molar refractivity (Wildman–Crippen MR) is 64.6 cm³/mol. The smallest absolute Gasteiger partial charge is 0.446 e. The van der Waals surface area contributed by atoms with E-state index in [1.54, 1.807) is 0 Å². The van der Waals surface area contributed by atoms with Crippen LogP contribution in [0.4, 0.5) is 13.2 Å². The molecule has 0 radical (unpaired) electrons. The number of ketones is 1. The lowest BCUT2D eigenvalue weighted by Crippen LogP contribution is -2.10. The van der Waals surface area contributed by atoms with Crippen molar-refractivity contribution in [2.45, 2.75) is 22.7 Å². The van der Waals surface area contributed by atoms with Crippen LogP contribution < -0.4 is 0 Å². The number of thioether (sulfide) groups is 1. The minimum atomic E-state index is -4.50. The minimum Gasteiger partial charge on any atom is -0.478 e. The van der Waals surface area contributed by atoms with Gasteiger partial charge >= 0.3 is 11.5 Å². The summed E-state index contributed by atoms with van der Waals surface area (Å²) in [5, 5.41) is 7.63. The molecule has 0 aliphatic heterocycles. The first-order chi connectivity index (χ1) is 8.61. The summed E-state index contributed by atoms with van der Waals surface area (Å²) in [6, 6.07) is 3.00. The molecule has 1 N–H and O–H groups in total. The van der Waals surface area contributed by atoms with Crippen molar-refractivity contribution in [2.75, 3.05) is 0 Å². The third-order valence-electron chi connectivity index (χ3n) is 2.12. The second kappa shape index (κ2) is 5.83. The molecule has 3 nitrogen and oxygen atoms in total. The van der Waals surface area contributed by atoms with E-state index in [2.05, 4.69) is 0 Å². The Kier molecular flexibility index (Phi) is 4.86. The van der Waals surface area contributed by atoms with E-state index in [1.165, 1.54) is 0 Å². The van der Waals surface area contributed by atoms with Crippen LogP contribution in [0.2, 0.25) is 0 Å². The van der Waals surface area contributed by atoms with Crippen molar-refractivity contribution in [1.82, 2.24) is 0 Å². The van der Waals surface area contributed by atoms with Gasteiger partial charge < -0.3 is 5.11 Å². The third-order valence-corrected chi connectivity index (χ3v) is 3.38. The van der Waals surface area contributed by atoms with Crippen LogP contribution in [0.1, 0.15) is 28.2 Å². The summed E-state index contributed by atoms with van der Waals surface area (Å²) in [7, 11) is 0. The number of carboxylic acid groups (broad SMARTS) is 1. The van der Waals surface area contributed by atoms with Gasteiger partial charge in [-0.2, -0.15) is 13.2 Å². The number of hydrogen-bond acceptors (Lipinski definition) is 3. The summed E-state index contributed by atoms with van der Waals surface area (Å²) in [5.74, 6) is -1.90. The van der Waals surface area contributed by atoms with E-state index >= 15 is 0 Å². The van der Waals surface area contributed by atoms with Gasteiger partial charge in [0.05, 0.1) is 5.56 Å². The molecule has 1 unspecified atom stereocenters. The van der Waals surface area contributed by atoms with Crippen molar-refractivity contribution < 1.29 is 27.9 Å². The second-order valence-corrected chi connectivity index (χ2v) is 5.15. The summed E-state index contributed by atoms with van der Waals surface area (Å²) >= 11 is 5.33. The number of aromatic carboxylic acids is 1. The Morgan fingerprint density at radius 2 is 1.95 bits per heavy atom. The zero-order chi connectivity index (χ0) is 14.8. The Hall–Kier alpha value is -1.21. The maximum atomic E-state index is 12.2. The molecule has 1 atom stereocenters. The molecule has 0 amide bonds. The topological polar surface area (TPSA) is 54.4 Å². The van der Waals surface area contributed by atoms with E-state index in [4.69, 9.17) is 16.7 Å². The van der Waals surface area contributed by atoms with Crippen LogP contribution in [0.15, 0.2) is 23.1 Å². The molecule has 0 heterocycles. The van der Waals surface area contributed by atoms with E-state index in [0.29, 0.717) is 0 Å². The highest BCUT2D eigenvalue weighted by atomic mass is 35.5. The molecule has 104 valence electrons. The second-order valence-electron chi connectivity index (χ2n) is 3.58. The van der Waals surface area contributed by atoms with E-state index in [0.717, 1.165) is 25.1 Å². The number of carbonyl (C=O) groups excluding carboxylic acids is 1. The monoisotopic (exact) mass is 312 g/mol. The molecule has 0 aliphatic rings.